The Morgan fingerprint density at radius 2 is 1.82 bits per heavy atom. The van der Waals surface area contributed by atoms with Crippen molar-refractivity contribution >= 4 is 6.09 Å². The molecule has 0 aromatic rings. The number of carbonyl (C=O) groups excluding carboxylic acids is 1. The van der Waals surface area contributed by atoms with E-state index in [1.807, 2.05) is 25.7 Å². The number of rotatable bonds is 1. The topological polar surface area (TPSA) is 32.8 Å². The summed E-state index contributed by atoms with van der Waals surface area (Å²) in [5, 5.41) is 0. The van der Waals surface area contributed by atoms with E-state index in [1.165, 1.54) is 45.2 Å². The third kappa shape index (κ3) is 3.95. The van der Waals surface area contributed by atoms with Crippen LogP contribution in [0.2, 0.25) is 0 Å². The Balaban J connectivity index is 1.52. The molecule has 1 spiro atoms. The van der Waals surface area contributed by atoms with E-state index >= 15 is 0 Å². The second kappa shape index (κ2) is 6.03. The lowest BCUT2D eigenvalue weighted by atomic mass is 9.92. The fraction of sp³-hybridized carbons (Fsp3) is 0.944. The Bertz CT molecular complexity index is 412. The van der Waals surface area contributed by atoms with E-state index in [9.17, 15) is 4.79 Å². The zero-order chi connectivity index (χ0) is 15.8. The van der Waals surface area contributed by atoms with Crippen LogP contribution in [0.1, 0.15) is 65.7 Å². The SMILES string of the molecule is CC(C)(C)OC(=O)N1CCC[C@@H](N2CCCC3(CC3)C2)CC1. The predicted octanol–water partition coefficient (Wildman–Crippen LogP) is 3.65. The summed E-state index contributed by atoms with van der Waals surface area (Å²) >= 11 is 0. The predicted molar refractivity (Wildman–Crippen MR) is 87.9 cm³/mol. The lowest BCUT2D eigenvalue weighted by molar-refractivity contribution is 0.0249. The quantitative estimate of drug-likeness (QED) is 0.741. The number of hydrogen-bond acceptors (Lipinski definition) is 3. The fourth-order valence-electron chi connectivity index (χ4n) is 4.10. The molecule has 1 atom stereocenters. The molecule has 0 bridgehead atoms. The van der Waals surface area contributed by atoms with Gasteiger partial charge in [0.1, 0.15) is 5.60 Å². The largest absolute Gasteiger partial charge is 0.444 e. The molecule has 1 amide bonds. The van der Waals surface area contributed by atoms with Gasteiger partial charge < -0.3 is 9.64 Å². The second-order valence-corrected chi connectivity index (χ2v) is 8.63. The van der Waals surface area contributed by atoms with Crippen molar-refractivity contribution in [1.29, 1.82) is 0 Å². The number of nitrogens with zero attached hydrogens (tertiary/aromatic N) is 2. The number of likely N-dealkylation sites (tertiary alicyclic amines) is 2. The molecule has 126 valence electrons. The molecule has 1 aliphatic carbocycles. The summed E-state index contributed by atoms with van der Waals surface area (Å²) in [6.45, 7) is 10.1. The van der Waals surface area contributed by atoms with Crippen LogP contribution in [-0.2, 0) is 4.74 Å². The highest BCUT2D eigenvalue weighted by Crippen LogP contribution is 2.52. The third-order valence-electron chi connectivity index (χ3n) is 5.51. The van der Waals surface area contributed by atoms with Crippen molar-refractivity contribution in [2.24, 2.45) is 5.41 Å². The number of carbonyl (C=O) groups is 1. The fourth-order valence-corrected chi connectivity index (χ4v) is 4.10. The highest BCUT2D eigenvalue weighted by molar-refractivity contribution is 5.68. The van der Waals surface area contributed by atoms with Crippen LogP contribution in [0.4, 0.5) is 4.79 Å². The van der Waals surface area contributed by atoms with Gasteiger partial charge in [-0.3, -0.25) is 4.90 Å². The third-order valence-corrected chi connectivity index (χ3v) is 5.51. The summed E-state index contributed by atoms with van der Waals surface area (Å²) in [4.78, 5) is 16.9. The molecule has 2 saturated heterocycles. The van der Waals surface area contributed by atoms with Gasteiger partial charge in [-0.2, -0.15) is 0 Å². The van der Waals surface area contributed by atoms with E-state index in [0.717, 1.165) is 25.9 Å². The molecule has 22 heavy (non-hydrogen) atoms. The van der Waals surface area contributed by atoms with Gasteiger partial charge in [0, 0.05) is 25.7 Å². The summed E-state index contributed by atoms with van der Waals surface area (Å²) in [7, 11) is 0. The van der Waals surface area contributed by atoms with Crippen LogP contribution in [0, 0.1) is 5.41 Å². The van der Waals surface area contributed by atoms with E-state index in [2.05, 4.69) is 4.90 Å². The van der Waals surface area contributed by atoms with Crippen LogP contribution in [-0.4, -0.2) is 53.7 Å². The van der Waals surface area contributed by atoms with E-state index < -0.39 is 5.60 Å². The van der Waals surface area contributed by atoms with Crippen molar-refractivity contribution in [2.75, 3.05) is 26.2 Å². The minimum absolute atomic E-state index is 0.134. The first-order valence-corrected chi connectivity index (χ1v) is 9.09. The van der Waals surface area contributed by atoms with E-state index in [0.29, 0.717) is 11.5 Å². The highest BCUT2D eigenvalue weighted by Gasteiger charge is 2.46. The zero-order valence-electron chi connectivity index (χ0n) is 14.6. The maximum atomic E-state index is 12.3. The number of amides is 1. The van der Waals surface area contributed by atoms with Gasteiger partial charge in [-0.05, 0) is 77.7 Å². The molecule has 4 nitrogen and oxygen atoms in total. The molecule has 0 N–H and O–H groups in total. The van der Waals surface area contributed by atoms with Gasteiger partial charge in [0.05, 0.1) is 0 Å². The monoisotopic (exact) mass is 308 g/mol. The van der Waals surface area contributed by atoms with Gasteiger partial charge in [0.15, 0.2) is 0 Å². The summed E-state index contributed by atoms with van der Waals surface area (Å²) in [6.07, 6.45) is 9.01. The average molecular weight is 308 g/mol. The van der Waals surface area contributed by atoms with Crippen LogP contribution in [0.25, 0.3) is 0 Å². The molecule has 3 fully saturated rings. The zero-order valence-corrected chi connectivity index (χ0v) is 14.6. The molecule has 2 aliphatic heterocycles. The van der Waals surface area contributed by atoms with Crippen LogP contribution in [0.3, 0.4) is 0 Å². The lowest BCUT2D eigenvalue weighted by Gasteiger charge is -2.38. The highest BCUT2D eigenvalue weighted by atomic mass is 16.6. The van der Waals surface area contributed by atoms with Crippen LogP contribution in [0.5, 0.6) is 0 Å². The summed E-state index contributed by atoms with van der Waals surface area (Å²) < 4.78 is 5.53. The van der Waals surface area contributed by atoms with Crippen molar-refractivity contribution in [3.8, 4) is 0 Å². The molecular weight excluding hydrogens is 276 g/mol. The first-order chi connectivity index (χ1) is 10.4. The number of hydrogen-bond donors (Lipinski definition) is 0. The summed E-state index contributed by atoms with van der Waals surface area (Å²) in [5.41, 5.74) is 0.295. The number of piperidine rings is 1. The van der Waals surface area contributed by atoms with Crippen molar-refractivity contribution in [3.63, 3.8) is 0 Å². The van der Waals surface area contributed by atoms with Gasteiger partial charge in [-0.15, -0.1) is 0 Å². The van der Waals surface area contributed by atoms with Crippen LogP contribution >= 0.6 is 0 Å². The standard InChI is InChI=1S/C18H32N2O2/c1-17(2,3)22-16(21)19-11-4-6-15(7-13-19)20-12-5-8-18(14-20)9-10-18/h15H,4-14H2,1-3H3/t15-/m1/s1. The molecule has 4 heteroatoms. The maximum Gasteiger partial charge on any atom is 0.410 e. The molecule has 3 rings (SSSR count). The number of ether oxygens (including phenoxy) is 1. The van der Waals surface area contributed by atoms with Gasteiger partial charge in [0.25, 0.3) is 0 Å². The van der Waals surface area contributed by atoms with Gasteiger partial charge in [0.2, 0.25) is 0 Å². The average Bonchev–Trinajstić information content (AvgIpc) is 3.20. The molecule has 0 aromatic heterocycles. The molecule has 0 radical (unpaired) electrons. The Labute approximate surface area is 135 Å². The first-order valence-electron chi connectivity index (χ1n) is 9.09. The van der Waals surface area contributed by atoms with Gasteiger partial charge >= 0.3 is 6.09 Å². The van der Waals surface area contributed by atoms with Crippen LogP contribution < -0.4 is 0 Å². The Hall–Kier alpha value is -0.770. The molecule has 0 unspecified atom stereocenters. The smallest absolute Gasteiger partial charge is 0.410 e. The molecule has 1 saturated carbocycles. The second-order valence-electron chi connectivity index (χ2n) is 8.63. The van der Waals surface area contributed by atoms with E-state index in [-0.39, 0.29) is 6.09 Å². The van der Waals surface area contributed by atoms with Crippen molar-refractivity contribution in [3.05, 3.63) is 0 Å². The molecule has 3 aliphatic rings. The van der Waals surface area contributed by atoms with Crippen molar-refractivity contribution in [2.45, 2.75) is 77.4 Å². The normalized spacial score (nSPS) is 29.2. The van der Waals surface area contributed by atoms with Crippen LogP contribution in [0.15, 0.2) is 0 Å². The maximum absolute atomic E-state index is 12.3. The minimum atomic E-state index is -0.395. The first kappa shape index (κ1) is 16.1. The molecular formula is C18H32N2O2. The van der Waals surface area contributed by atoms with E-state index in [1.54, 1.807) is 0 Å². The molecule has 0 aromatic carbocycles. The minimum Gasteiger partial charge on any atom is -0.444 e. The van der Waals surface area contributed by atoms with E-state index in [4.69, 9.17) is 4.74 Å². The molecule has 2 heterocycles. The summed E-state index contributed by atoms with van der Waals surface area (Å²) in [5.74, 6) is 0. The Morgan fingerprint density at radius 3 is 2.50 bits per heavy atom. The van der Waals surface area contributed by atoms with Crippen molar-refractivity contribution in [1.82, 2.24) is 9.80 Å². The Morgan fingerprint density at radius 1 is 1.05 bits per heavy atom. The lowest BCUT2D eigenvalue weighted by Crippen LogP contribution is -2.44. The van der Waals surface area contributed by atoms with Gasteiger partial charge in [-0.25, -0.2) is 4.79 Å². The summed E-state index contributed by atoms with van der Waals surface area (Å²) in [6, 6.07) is 0.671. The van der Waals surface area contributed by atoms with Gasteiger partial charge in [-0.1, -0.05) is 0 Å². The van der Waals surface area contributed by atoms with Crippen molar-refractivity contribution < 1.29 is 9.53 Å². The Kier molecular flexibility index (Phi) is 4.41.